The summed E-state index contributed by atoms with van der Waals surface area (Å²) < 4.78 is 18.6. The van der Waals surface area contributed by atoms with Gasteiger partial charge in [0.2, 0.25) is 11.8 Å². The first kappa shape index (κ1) is 22.4. The number of esters is 1. The van der Waals surface area contributed by atoms with Gasteiger partial charge in [-0.05, 0) is 42.8 Å². The van der Waals surface area contributed by atoms with Crippen LogP contribution in [0, 0.1) is 5.82 Å². The van der Waals surface area contributed by atoms with Crippen molar-refractivity contribution in [3.63, 3.8) is 0 Å². The zero-order chi connectivity index (χ0) is 21.1. The van der Waals surface area contributed by atoms with E-state index in [1.54, 1.807) is 30.3 Å². The number of benzene rings is 2. The maximum Gasteiger partial charge on any atom is 0.338 e. The number of halogens is 1. The van der Waals surface area contributed by atoms with Crippen LogP contribution in [0.15, 0.2) is 48.5 Å². The van der Waals surface area contributed by atoms with Gasteiger partial charge in [-0.2, -0.15) is 0 Å². The number of nitrogens with one attached hydrogen (secondary N) is 2. The van der Waals surface area contributed by atoms with Crippen molar-refractivity contribution in [3.8, 4) is 0 Å². The number of para-hydroxylation sites is 1. The Balaban J connectivity index is 1.71. The molecular weight excluding hydrogens is 395 g/mol. The molecule has 0 spiro atoms. The first-order valence-corrected chi connectivity index (χ1v) is 10.3. The van der Waals surface area contributed by atoms with Crippen LogP contribution in [0.1, 0.15) is 30.1 Å². The minimum absolute atomic E-state index is 0.0181. The van der Waals surface area contributed by atoms with E-state index in [2.05, 4.69) is 10.6 Å². The number of unbranched alkanes of at least 4 members (excludes halogenated alkanes) is 1. The Bertz CT molecular complexity index is 843. The van der Waals surface area contributed by atoms with Gasteiger partial charge < -0.3 is 15.4 Å². The molecule has 2 aromatic carbocycles. The summed E-state index contributed by atoms with van der Waals surface area (Å²) in [6, 6.07) is 12.3. The van der Waals surface area contributed by atoms with Gasteiger partial charge in [0.1, 0.15) is 5.82 Å². The van der Waals surface area contributed by atoms with Crippen LogP contribution in [0.2, 0.25) is 0 Å². The normalized spacial score (nSPS) is 10.3. The summed E-state index contributed by atoms with van der Waals surface area (Å²) in [6.07, 6.45) is 1.76. The SMILES string of the molecule is CCCCOC(=O)c1ccc(NC(=O)CSCC(=O)Nc2ccccc2F)cc1. The molecule has 0 aromatic heterocycles. The molecule has 6 nitrogen and oxygen atoms in total. The highest BCUT2D eigenvalue weighted by atomic mass is 32.2. The number of rotatable bonds is 10. The molecule has 0 heterocycles. The van der Waals surface area contributed by atoms with Crippen LogP contribution in [0.3, 0.4) is 0 Å². The van der Waals surface area contributed by atoms with Gasteiger partial charge in [-0.3, -0.25) is 9.59 Å². The second-order valence-electron chi connectivity index (χ2n) is 6.14. The maximum atomic E-state index is 13.5. The molecule has 2 aromatic rings. The monoisotopic (exact) mass is 418 g/mol. The molecule has 0 aliphatic heterocycles. The fourth-order valence-electron chi connectivity index (χ4n) is 2.26. The van der Waals surface area contributed by atoms with Crippen molar-refractivity contribution in [2.75, 3.05) is 28.7 Å². The highest BCUT2D eigenvalue weighted by Crippen LogP contribution is 2.14. The van der Waals surface area contributed by atoms with Gasteiger partial charge in [0.25, 0.3) is 0 Å². The van der Waals surface area contributed by atoms with Crippen LogP contribution in [0.25, 0.3) is 0 Å². The van der Waals surface area contributed by atoms with Crippen molar-refractivity contribution in [3.05, 3.63) is 59.9 Å². The predicted molar refractivity (Wildman–Crippen MR) is 113 cm³/mol. The van der Waals surface area contributed by atoms with Crippen molar-refractivity contribution in [1.82, 2.24) is 0 Å². The van der Waals surface area contributed by atoms with Crippen LogP contribution in [0.4, 0.5) is 15.8 Å². The van der Waals surface area contributed by atoms with Crippen molar-refractivity contribution in [1.29, 1.82) is 0 Å². The molecule has 2 rings (SSSR count). The lowest BCUT2D eigenvalue weighted by atomic mass is 10.2. The first-order chi connectivity index (χ1) is 14.0. The minimum atomic E-state index is -0.513. The van der Waals surface area contributed by atoms with E-state index < -0.39 is 11.8 Å². The van der Waals surface area contributed by atoms with Gasteiger partial charge in [-0.1, -0.05) is 25.5 Å². The lowest BCUT2D eigenvalue weighted by Gasteiger charge is -2.08. The molecule has 2 amide bonds. The number of amides is 2. The van der Waals surface area contributed by atoms with Crippen molar-refractivity contribution in [2.45, 2.75) is 19.8 Å². The Kier molecular flexibility index (Phi) is 9.17. The molecule has 0 aliphatic carbocycles. The fourth-order valence-corrected chi connectivity index (χ4v) is 2.88. The zero-order valence-electron chi connectivity index (χ0n) is 16.1. The molecule has 2 N–H and O–H groups in total. The smallest absolute Gasteiger partial charge is 0.338 e. The van der Waals surface area contributed by atoms with E-state index in [1.807, 2.05) is 6.92 Å². The van der Waals surface area contributed by atoms with Crippen LogP contribution in [-0.2, 0) is 14.3 Å². The van der Waals surface area contributed by atoms with Crippen molar-refractivity contribution < 1.29 is 23.5 Å². The zero-order valence-corrected chi connectivity index (χ0v) is 16.9. The minimum Gasteiger partial charge on any atom is -0.462 e. The van der Waals surface area contributed by atoms with Gasteiger partial charge in [0.15, 0.2) is 0 Å². The number of ether oxygens (including phenoxy) is 1. The molecule has 8 heteroatoms. The third kappa shape index (κ3) is 7.95. The number of anilines is 2. The van der Waals surface area contributed by atoms with Gasteiger partial charge >= 0.3 is 5.97 Å². The Morgan fingerprint density at radius 1 is 0.966 bits per heavy atom. The second-order valence-corrected chi connectivity index (χ2v) is 7.12. The number of hydrogen-bond donors (Lipinski definition) is 2. The molecule has 0 fully saturated rings. The average Bonchev–Trinajstić information content (AvgIpc) is 2.70. The molecule has 154 valence electrons. The third-order valence-corrected chi connectivity index (χ3v) is 4.68. The Hall–Kier alpha value is -2.87. The van der Waals surface area contributed by atoms with Gasteiger partial charge in [-0.15, -0.1) is 11.8 Å². The Morgan fingerprint density at radius 3 is 2.28 bits per heavy atom. The number of carbonyl (C=O) groups is 3. The van der Waals surface area contributed by atoms with E-state index in [0.717, 1.165) is 24.6 Å². The van der Waals surface area contributed by atoms with E-state index in [-0.39, 0.29) is 29.0 Å². The lowest BCUT2D eigenvalue weighted by Crippen LogP contribution is -2.19. The van der Waals surface area contributed by atoms with Crippen LogP contribution >= 0.6 is 11.8 Å². The fraction of sp³-hybridized carbons (Fsp3) is 0.286. The molecule has 0 bridgehead atoms. The topological polar surface area (TPSA) is 84.5 Å². The Morgan fingerprint density at radius 2 is 1.62 bits per heavy atom. The maximum absolute atomic E-state index is 13.5. The van der Waals surface area contributed by atoms with Gasteiger partial charge in [-0.25, -0.2) is 9.18 Å². The molecular formula is C21H23FN2O4S. The number of hydrogen-bond acceptors (Lipinski definition) is 5. The second kappa shape index (κ2) is 11.9. The summed E-state index contributed by atoms with van der Waals surface area (Å²) in [4.78, 5) is 35.6. The van der Waals surface area contributed by atoms with Crippen molar-refractivity contribution in [2.24, 2.45) is 0 Å². The largest absolute Gasteiger partial charge is 0.462 e. The van der Waals surface area contributed by atoms with E-state index in [4.69, 9.17) is 4.74 Å². The van der Waals surface area contributed by atoms with E-state index >= 15 is 0 Å². The number of thioether (sulfide) groups is 1. The number of carbonyl (C=O) groups excluding carboxylic acids is 3. The first-order valence-electron chi connectivity index (χ1n) is 9.18. The molecule has 0 atom stereocenters. The van der Waals surface area contributed by atoms with E-state index in [0.29, 0.717) is 17.9 Å². The highest BCUT2D eigenvalue weighted by molar-refractivity contribution is 8.00. The van der Waals surface area contributed by atoms with Crippen LogP contribution in [0.5, 0.6) is 0 Å². The lowest BCUT2D eigenvalue weighted by molar-refractivity contribution is -0.114. The summed E-state index contributed by atoms with van der Waals surface area (Å²) in [7, 11) is 0. The molecule has 0 saturated carbocycles. The molecule has 0 saturated heterocycles. The molecule has 0 radical (unpaired) electrons. The van der Waals surface area contributed by atoms with Gasteiger partial charge in [0.05, 0.1) is 29.4 Å². The third-order valence-electron chi connectivity index (χ3n) is 3.75. The van der Waals surface area contributed by atoms with Gasteiger partial charge in [0, 0.05) is 5.69 Å². The van der Waals surface area contributed by atoms with Crippen molar-refractivity contribution >= 4 is 40.9 Å². The molecule has 0 unspecified atom stereocenters. The summed E-state index contributed by atoms with van der Waals surface area (Å²) in [6.45, 7) is 2.40. The van der Waals surface area contributed by atoms with Crippen LogP contribution < -0.4 is 10.6 Å². The molecule has 29 heavy (non-hydrogen) atoms. The summed E-state index contributed by atoms with van der Waals surface area (Å²) in [5, 5.41) is 5.15. The quantitative estimate of drug-likeness (QED) is 0.448. The standard InChI is InChI=1S/C21H23FN2O4S/c1-2-3-12-28-21(27)15-8-10-16(11-9-15)23-19(25)13-29-14-20(26)24-18-7-5-4-6-17(18)22/h4-11H,2-3,12-14H2,1H3,(H,23,25)(H,24,26). The summed E-state index contributed by atoms with van der Waals surface area (Å²) in [5.74, 6) is -1.50. The van der Waals surface area contributed by atoms with Crippen LogP contribution in [-0.4, -0.2) is 35.9 Å². The highest BCUT2D eigenvalue weighted by Gasteiger charge is 2.10. The Labute approximate surface area is 173 Å². The summed E-state index contributed by atoms with van der Waals surface area (Å²) >= 11 is 1.11. The van der Waals surface area contributed by atoms with E-state index in [9.17, 15) is 18.8 Å². The molecule has 0 aliphatic rings. The average molecular weight is 418 g/mol. The van der Waals surface area contributed by atoms with E-state index in [1.165, 1.54) is 18.2 Å². The predicted octanol–water partition coefficient (Wildman–Crippen LogP) is 4.09. The summed E-state index contributed by atoms with van der Waals surface area (Å²) in [5.41, 5.74) is 1.06.